The highest BCUT2D eigenvalue weighted by molar-refractivity contribution is 7.16. The first kappa shape index (κ1) is 19.9. The van der Waals surface area contributed by atoms with Crippen LogP contribution in [0, 0.1) is 0 Å². The lowest BCUT2D eigenvalue weighted by Crippen LogP contribution is -2.13. The van der Waals surface area contributed by atoms with E-state index in [4.69, 9.17) is 9.47 Å². The summed E-state index contributed by atoms with van der Waals surface area (Å²) in [4.78, 5) is 17.7. The first-order valence-corrected chi connectivity index (χ1v) is 10.3. The third-order valence-electron chi connectivity index (χ3n) is 4.96. The van der Waals surface area contributed by atoms with Gasteiger partial charge in [-0.15, -0.1) is 0 Å². The van der Waals surface area contributed by atoms with Crippen LogP contribution < -0.4 is 14.3 Å². The molecular weight excluding hydrogens is 396 g/mol. The molecule has 0 aliphatic rings. The van der Waals surface area contributed by atoms with Crippen LogP contribution in [0.1, 0.15) is 21.5 Å². The van der Waals surface area contributed by atoms with Crippen molar-refractivity contribution in [3.63, 3.8) is 0 Å². The fourth-order valence-electron chi connectivity index (χ4n) is 3.31. The van der Waals surface area contributed by atoms with Crippen LogP contribution >= 0.6 is 11.3 Å². The molecule has 0 bridgehead atoms. The Morgan fingerprint density at radius 1 is 0.933 bits per heavy atom. The lowest BCUT2D eigenvalue weighted by molar-refractivity contribution is 0.0998. The van der Waals surface area contributed by atoms with Crippen molar-refractivity contribution in [2.24, 2.45) is 12.0 Å². The highest BCUT2D eigenvalue weighted by Crippen LogP contribution is 2.33. The van der Waals surface area contributed by atoms with Crippen LogP contribution in [-0.2, 0) is 13.5 Å². The van der Waals surface area contributed by atoms with E-state index in [-0.39, 0.29) is 5.91 Å². The van der Waals surface area contributed by atoms with Gasteiger partial charge in [0.15, 0.2) is 16.3 Å². The monoisotopic (exact) mass is 418 g/mol. The summed E-state index contributed by atoms with van der Waals surface area (Å²) < 4.78 is 13.6. The molecule has 0 atom stereocenters. The molecule has 152 valence electrons. The molecule has 1 heterocycles. The van der Waals surface area contributed by atoms with Crippen molar-refractivity contribution in [2.75, 3.05) is 14.2 Å². The number of benzene rings is 3. The van der Waals surface area contributed by atoms with Crippen LogP contribution in [0.25, 0.3) is 10.2 Å². The number of ether oxygens (including phenoxy) is 2. The van der Waals surface area contributed by atoms with E-state index in [0.29, 0.717) is 21.9 Å². The zero-order valence-electron chi connectivity index (χ0n) is 17.1. The van der Waals surface area contributed by atoms with Gasteiger partial charge in [0.25, 0.3) is 5.91 Å². The number of nitrogens with zero attached hydrogens (tertiary/aromatic N) is 2. The third-order valence-corrected chi connectivity index (χ3v) is 6.06. The van der Waals surface area contributed by atoms with Crippen molar-refractivity contribution in [3.05, 3.63) is 88.2 Å². The second-order valence-corrected chi connectivity index (χ2v) is 7.90. The predicted octanol–water partition coefficient (Wildman–Crippen LogP) is 4.59. The van der Waals surface area contributed by atoms with Gasteiger partial charge in [-0.25, -0.2) is 0 Å². The summed E-state index contributed by atoms with van der Waals surface area (Å²) in [5.74, 6) is 1.03. The summed E-state index contributed by atoms with van der Waals surface area (Å²) in [5.41, 5.74) is 3.90. The standard InChI is InChI=1S/C24H22N2O3S/c1-26-19-14-20(28-2)21(29-3)15-22(19)30-24(26)25-23(27)18-11-9-17(10-12-18)13-16-7-5-4-6-8-16/h4-12,14-15H,13H2,1-3H3. The second kappa shape index (κ2) is 8.55. The Kier molecular flexibility index (Phi) is 5.68. The van der Waals surface area contributed by atoms with Crippen molar-refractivity contribution in [3.8, 4) is 11.5 Å². The molecule has 4 aromatic rings. The second-order valence-electron chi connectivity index (χ2n) is 6.89. The van der Waals surface area contributed by atoms with Crippen LogP contribution in [0.2, 0.25) is 0 Å². The van der Waals surface area contributed by atoms with Gasteiger partial charge in [-0.3, -0.25) is 4.79 Å². The fourth-order valence-corrected chi connectivity index (χ4v) is 4.34. The van der Waals surface area contributed by atoms with Crippen molar-refractivity contribution in [1.82, 2.24) is 4.57 Å². The van der Waals surface area contributed by atoms with E-state index in [0.717, 1.165) is 22.2 Å². The molecule has 1 amide bonds. The minimum absolute atomic E-state index is 0.262. The minimum atomic E-state index is -0.262. The molecule has 3 aromatic carbocycles. The SMILES string of the molecule is COc1cc2sc(=NC(=O)c3ccc(Cc4ccccc4)cc3)n(C)c2cc1OC. The Morgan fingerprint density at radius 2 is 1.57 bits per heavy atom. The van der Waals surface area contributed by atoms with Crippen LogP contribution in [0.5, 0.6) is 11.5 Å². The van der Waals surface area contributed by atoms with Crippen LogP contribution in [-0.4, -0.2) is 24.7 Å². The molecule has 0 unspecified atom stereocenters. The van der Waals surface area contributed by atoms with Gasteiger partial charge in [0.1, 0.15) is 0 Å². The van der Waals surface area contributed by atoms with E-state index >= 15 is 0 Å². The molecule has 0 radical (unpaired) electrons. The number of hydrogen-bond donors (Lipinski definition) is 0. The lowest BCUT2D eigenvalue weighted by Gasteiger charge is -2.07. The Bertz CT molecular complexity index is 1260. The van der Waals surface area contributed by atoms with E-state index in [1.165, 1.54) is 16.9 Å². The number of aryl methyl sites for hydroxylation is 1. The number of fused-ring (bicyclic) bond motifs is 1. The molecule has 30 heavy (non-hydrogen) atoms. The van der Waals surface area contributed by atoms with E-state index < -0.39 is 0 Å². The fraction of sp³-hybridized carbons (Fsp3) is 0.167. The largest absolute Gasteiger partial charge is 0.493 e. The average Bonchev–Trinajstić information content (AvgIpc) is 3.08. The number of hydrogen-bond acceptors (Lipinski definition) is 4. The Labute approximate surface area is 178 Å². The number of aromatic nitrogens is 1. The lowest BCUT2D eigenvalue weighted by atomic mass is 10.0. The predicted molar refractivity (Wildman–Crippen MR) is 119 cm³/mol. The smallest absolute Gasteiger partial charge is 0.279 e. The highest BCUT2D eigenvalue weighted by Gasteiger charge is 2.12. The van der Waals surface area contributed by atoms with E-state index in [9.17, 15) is 4.79 Å². The molecule has 0 N–H and O–H groups in total. The van der Waals surface area contributed by atoms with Gasteiger partial charge in [0, 0.05) is 24.7 Å². The zero-order chi connectivity index (χ0) is 21.1. The average molecular weight is 419 g/mol. The quantitative estimate of drug-likeness (QED) is 0.476. The Morgan fingerprint density at radius 3 is 2.23 bits per heavy atom. The number of carbonyl (C=O) groups is 1. The number of carbonyl (C=O) groups excluding carboxylic acids is 1. The van der Waals surface area contributed by atoms with Gasteiger partial charge in [-0.1, -0.05) is 53.8 Å². The van der Waals surface area contributed by atoms with E-state index in [1.54, 1.807) is 14.2 Å². The summed E-state index contributed by atoms with van der Waals surface area (Å²) in [7, 11) is 5.10. The molecule has 0 saturated heterocycles. The summed E-state index contributed by atoms with van der Waals surface area (Å²) in [6.45, 7) is 0. The third kappa shape index (κ3) is 4.00. The maximum Gasteiger partial charge on any atom is 0.279 e. The maximum absolute atomic E-state index is 12.7. The van der Waals surface area contributed by atoms with Crippen LogP contribution in [0.4, 0.5) is 0 Å². The summed E-state index contributed by atoms with van der Waals surface area (Å²) in [6.07, 6.45) is 0.835. The molecule has 1 aromatic heterocycles. The molecule has 0 saturated carbocycles. The molecule has 4 rings (SSSR count). The molecule has 5 nitrogen and oxygen atoms in total. The van der Waals surface area contributed by atoms with Gasteiger partial charge in [-0.2, -0.15) is 4.99 Å². The van der Waals surface area contributed by atoms with Gasteiger partial charge in [0.05, 0.1) is 24.4 Å². The summed E-state index contributed by atoms with van der Waals surface area (Å²) >= 11 is 1.44. The van der Waals surface area contributed by atoms with Crippen LogP contribution in [0.15, 0.2) is 71.7 Å². The van der Waals surface area contributed by atoms with Gasteiger partial charge < -0.3 is 14.0 Å². The number of amides is 1. The Balaban J connectivity index is 1.62. The van der Waals surface area contributed by atoms with Crippen molar-refractivity contribution < 1.29 is 14.3 Å². The molecule has 0 spiro atoms. The topological polar surface area (TPSA) is 52.8 Å². The molecule has 0 aliphatic heterocycles. The highest BCUT2D eigenvalue weighted by atomic mass is 32.1. The van der Waals surface area contributed by atoms with E-state index in [1.807, 2.05) is 66.2 Å². The summed E-state index contributed by atoms with van der Waals surface area (Å²) in [5, 5.41) is 0. The first-order chi connectivity index (χ1) is 14.6. The number of rotatable bonds is 5. The van der Waals surface area contributed by atoms with Crippen molar-refractivity contribution >= 4 is 27.5 Å². The zero-order valence-corrected chi connectivity index (χ0v) is 17.9. The van der Waals surface area contributed by atoms with Crippen molar-refractivity contribution in [1.29, 1.82) is 0 Å². The minimum Gasteiger partial charge on any atom is -0.493 e. The van der Waals surface area contributed by atoms with Gasteiger partial charge >= 0.3 is 0 Å². The van der Waals surface area contributed by atoms with Crippen molar-refractivity contribution in [2.45, 2.75) is 6.42 Å². The molecule has 6 heteroatoms. The molecule has 0 fully saturated rings. The number of thiazole rings is 1. The molecule has 0 aliphatic carbocycles. The first-order valence-electron chi connectivity index (χ1n) is 9.52. The normalized spacial score (nSPS) is 11.6. The van der Waals surface area contributed by atoms with Gasteiger partial charge in [0.2, 0.25) is 0 Å². The van der Waals surface area contributed by atoms with Crippen LogP contribution in [0.3, 0.4) is 0 Å². The summed E-state index contributed by atoms with van der Waals surface area (Å²) in [6, 6.07) is 21.7. The Hall–Kier alpha value is -3.38. The maximum atomic E-state index is 12.7. The van der Waals surface area contributed by atoms with Gasteiger partial charge in [-0.05, 0) is 29.7 Å². The van der Waals surface area contributed by atoms with E-state index in [2.05, 4.69) is 17.1 Å². The molecular formula is C24H22N2O3S. The number of methoxy groups -OCH3 is 2.